The maximum atomic E-state index is 12.5. The number of hydrogen-bond acceptors (Lipinski definition) is 3. The van der Waals surface area contributed by atoms with Crippen molar-refractivity contribution in [2.75, 3.05) is 13.6 Å². The quantitative estimate of drug-likeness (QED) is 0.855. The molecule has 0 saturated carbocycles. The van der Waals surface area contributed by atoms with Crippen molar-refractivity contribution in [2.24, 2.45) is 0 Å². The van der Waals surface area contributed by atoms with Gasteiger partial charge in [0, 0.05) is 26.3 Å². The Morgan fingerprint density at radius 2 is 2.04 bits per heavy atom. The lowest BCUT2D eigenvalue weighted by Crippen LogP contribution is -2.29. The van der Waals surface area contributed by atoms with E-state index in [9.17, 15) is 9.90 Å². The van der Waals surface area contributed by atoms with E-state index >= 15 is 0 Å². The highest BCUT2D eigenvalue weighted by atomic mass is 16.3. The summed E-state index contributed by atoms with van der Waals surface area (Å²) in [5.41, 5.74) is 2.26. The first-order valence-corrected chi connectivity index (χ1v) is 8.05. The summed E-state index contributed by atoms with van der Waals surface area (Å²) in [5.74, 6) is -0.0508. The van der Waals surface area contributed by atoms with Gasteiger partial charge in [0.05, 0.1) is 17.4 Å². The minimum atomic E-state index is -0.560. The SMILES string of the molecule is CCCn1cc(C(=O)N(C)CC[C@H](O)c2ccccc2)c(C)n1. The average molecular weight is 315 g/mol. The molecule has 2 rings (SSSR count). The Hall–Kier alpha value is -2.14. The molecule has 0 aliphatic rings. The van der Waals surface area contributed by atoms with Gasteiger partial charge in [-0.1, -0.05) is 37.3 Å². The molecule has 0 spiro atoms. The normalized spacial score (nSPS) is 12.2. The molecule has 1 aromatic heterocycles. The van der Waals surface area contributed by atoms with Gasteiger partial charge in [-0.2, -0.15) is 5.10 Å². The van der Waals surface area contributed by atoms with Crippen LogP contribution in [0.4, 0.5) is 0 Å². The van der Waals surface area contributed by atoms with Crippen molar-refractivity contribution in [3.05, 3.63) is 53.3 Å². The van der Waals surface area contributed by atoms with Gasteiger partial charge in [0.15, 0.2) is 0 Å². The Balaban J connectivity index is 1.95. The molecular formula is C18H25N3O2. The van der Waals surface area contributed by atoms with Gasteiger partial charge in [-0.25, -0.2) is 0 Å². The maximum absolute atomic E-state index is 12.5. The fraction of sp³-hybridized carbons (Fsp3) is 0.444. The molecule has 1 N–H and O–H groups in total. The molecule has 124 valence electrons. The number of aromatic nitrogens is 2. The monoisotopic (exact) mass is 315 g/mol. The van der Waals surface area contributed by atoms with Crippen LogP contribution in [0.1, 0.15) is 47.5 Å². The molecule has 0 aliphatic carbocycles. The van der Waals surface area contributed by atoms with Crippen molar-refractivity contribution in [2.45, 2.75) is 39.3 Å². The Bertz CT molecular complexity index is 637. The molecule has 1 aromatic carbocycles. The van der Waals surface area contributed by atoms with Gasteiger partial charge >= 0.3 is 0 Å². The molecule has 5 nitrogen and oxygen atoms in total. The van der Waals surface area contributed by atoms with Gasteiger partial charge in [0.2, 0.25) is 0 Å². The summed E-state index contributed by atoms with van der Waals surface area (Å²) >= 11 is 0. The number of aryl methyl sites for hydroxylation is 2. The molecule has 2 aromatic rings. The van der Waals surface area contributed by atoms with E-state index < -0.39 is 6.10 Å². The van der Waals surface area contributed by atoms with E-state index in [0.717, 1.165) is 24.2 Å². The van der Waals surface area contributed by atoms with E-state index in [4.69, 9.17) is 0 Å². The van der Waals surface area contributed by atoms with Gasteiger partial charge < -0.3 is 10.0 Å². The van der Waals surface area contributed by atoms with Crippen LogP contribution in [0.3, 0.4) is 0 Å². The number of carbonyl (C=O) groups excluding carboxylic acids is 1. The zero-order chi connectivity index (χ0) is 16.8. The fourth-order valence-corrected chi connectivity index (χ4v) is 2.54. The van der Waals surface area contributed by atoms with E-state index in [1.165, 1.54) is 0 Å². The van der Waals surface area contributed by atoms with E-state index in [1.807, 2.05) is 48.1 Å². The van der Waals surface area contributed by atoms with Gasteiger partial charge in [0.25, 0.3) is 5.91 Å². The Morgan fingerprint density at radius 3 is 2.70 bits per heavy atom. The molecule has 1 atom stereocenters. The zero-order valence-corrected chi connectivity index (χ0v) is 14.1. The lowest BCUT2D eigenvalue weighted by atomic mass is 10.1. The standard InChI is InChI=1S/C18H25N3O2/c1-4-11-21-13-16(14(2)19-21)18(23)20(3)12-10-17(22)15-8-6-5-7-9-15/h5-9,13,17,22H,4,10-12H2,1-3H3/t17-/m0/s1. The minimum Gasteiger partial charge on any atom is -0.388 e. The molecule has 0 aliphatic heterocycles. The van der Waals surface area contributed by atoms with Crippen molar-refractivity contribution >= 4 is 5.91 Å². The summed E-state index contributed by atoms with van der Waals surface area (Å²) in [6, 6.07) is 9.51. The van der Waals surface area contributed by atoms with E-state index in [0.29, 0.717) is 18.5 Å². The third-order valence-electron chi connectivity index (χ3n) is 3.90. The van der Waals surface area contributed by atoms with E-state index in [2.05, 4.69) is 12.0 Å². The molecule has 0 fully saturated rings. The molecule has 0 bridgehead atoms. The van der Waals surface area contributed by atoms with Gasteiger partial charge in [-0.05, 0) is 25.3 Å². The van der Waals surface area contributed by atoms with Crippen molar-refractivity contribution in [3.8, 4) is 0 Å². The topological polar surface area (TPSA) is 58.4 Å². The average Bonchev–Trinajstić information content (AvgIpc) is 2.93. The van der Waals surface area contributed by atoms with Crippen LogP contribution in [0.2, 0.25) is 0 Å². The molecule has 1 amide bonds. The molecule has 0 radical (unpaired) electrons. The van der Waals surface area contributed by atoms with Gasteiger partial charge in [-0.3, -0.25) is 9.48 Å². The largest absolute Gasteiger partial charge is 0.388 e. The first kappa shape index (κ1) is 17.2. The zero-order valence-electron chi connectivity index (χ0n) is 14.1. The van der Waals surface area contributed by atoms with Crippen LogP contribution in [0, 0.1) is 6.92 Å². The number of rotatable bonds is 7. The molecule has 5 heteroatoms. The van der Waals surface area contributed by atoms with Gasteiger partial charge in [-0.15, -0.1) is 0 Å². The second-order valence-electron chi connectivity index (χ2n) is 5.83. The first-order valence-electron chi connectivity index (χ1n) is 8.05. The van der Waals surface area contributed by atoms with Crippen molar-refractivity contribution < 1.29 is 9.90 Å². The van der Waals surface area contributed by atoms with Crippen LogP contribution in [-0.2, 0) is 6.54 Å². The number of hydrogen-bond donors (Lipinski definition) is 1. The highest BCUT2D eigenvalue weighted by Crippen LogP contribution is 2.17. The third-order valence-corrected chi connectivity index (χ3v) is 3.90. The molecule has 0 unspecified atom stereocenters. The highest BCUT2D eigenvalue weighted by molar-refractivity contribution is 5.94. The van der Waals surface area contributed by atoms with Crippen molar-refractivity contribution in [3.63, 3.8) is 0 Å². The van der Waals surface area contributed by atoms with Crippen LogP contribution in [0.5, 0.6) is 0 Å². The predicted octanol–water partition coefficient (Wildman–Crippen LogP) is 2.80. The van der Waals surface area contributed by atoms with Gasteiger partial charge in [0.1, 0.15) is 0 Å². The number of amides is 1. The molecule has 1 heterocycles. The summed E-state index contributed by atoms with van der Waals surface area (Å²) in [6.45, 7) is 5.24. The number of aliphatic hydroxyl groups excluding tert-OH is 1. The highest BCUT2D eigenvalue weighted by Gasteiger charge is 2.18. The van der Waals surface area contributed by atoms with Crippen LogP contribution >= 0.6 is 0 Å². The Kier molecular flexibility index (Phi) is 5.93. The van der Waals surface area contributed by atoms with E-state index in [1.54, 1.807) is 11.9 Å². The number of carbonyl (C=O) groups is 1. The number of benzene rings is 1. The predicted molar refractivity (Wildman–Crippen MR) is 90.2 cm³/mol. The minimum absolute atomic E-state index is 0.0508. The summed E-state index contributed by atoms with van der Waals surface area (Å²) in [4.78, 5) is 14.2. The molecular weight excluding hydrogens is 290 g/mol. The van der Waals surface area contributed by atoms with Crippen molar-refractivity contribution in [1.29, 1.82) is 0 Å². The second-order valence-corrected chi connectivity index (χ2v) is 5.83. The van der Waals surface area contributed by atoms with E-state index in [-0.39, 0.29) is 5.91 Å². The summed E-state index contributed by atoms with van der Waals surface area (Å²) in [5, 5.41) is 14.6. The third kappa shape index (κ3) is 4.42. The summed E-state index contributed by atoms with van der Waals surface area (Å²) < 4.78 is 1.81. The smallest absolute Gasteiger partial charge is 0.257 e. The Morgan fingerprint density at radius 1 is 1.35 bits per heavy atom. The number of aliphatic hydroxyl groups is 1. The van der Waals surface area contributed by atoms with Crippen LogP contribution in [0.25, 0.3) is 0 Å². The summed E-state index contributed by atoms with van der Waals surface area (Å²) in [6.07, 6.45) is 2.74. The number of nitrogens with zero attached hydrogens (tertiary/aromatic N) is 3. The lowest BCUT2D eigenvalue weighted by Gasteiger charge is -2.19. The lowest BCUT2D eigenvalue weighted by molar-refractivity contribution is 0.0760. The Labute approximate surface area is 137 Å². The van der Waals surface area contributed by atoms with Crippen LogP contribution in [-0.4, -0.2) is 39.3 Å². The second kappa shape index (κ2) is 7.92. The van der Waals surface area contributed by atoms with Crippen LogP contribution < -0.4 is 0 Å². The summed E-state index contributed by atoms with van der Waals surface area (Å²) in [7, 11) is 1.76. The maximum Gasteiger partial charge on any atom is 0.257 e. The van der Waals surface area contributed by atoms with Crippen LogP contribution in [0.15, 0.2) is 36.5 Å². The fourth-order valence-electron chi connectivity index (χ4n) is 2.54. The van der Waals surface area contributed by atoms with Crippen molar-refractivity contribution in [1.82, 2.24) is 14.7 Å². The first-order chi connectivity index (χ1) is 11.0. The molecule has 0 saturated heterocycles. The molecule has 23 heavy (non-hydrogen) atoms.